The second kappa shape index (κ2) is 6.57. The van der Waals surface area contributed by atoms with Crippen molar-refractivity contribution in [2.45, 2.75) is 19.4 Å². The molecule has 2 heteroatoms. The molecule has 0 aliphatic heterocycles. The Hall–Kier alpha value is -0.860. The van der Waals surface area contributed by atoms with Crippen molar-refractivity contribution < 1.29 is 0 Å². The summed E-state index contributed by atoms with van der Waals surface area (Å²) < 4.78 is 0. The van der Waals surface area contributed by atoms with E-state index in [1.54, 1.807) is 0 Å². The minimum atomic E-state index is 0.535. The maximum Gasteiger partial charge on any atom is 0.0232 e. The highest BCUT2D eigenvalue weighted by Crippen LogP contribution is 2.02. The van der Waals surface area contributed by atoms with Crippen LogP contribution < -0.4 is 10.6 Å². The monoisotopic (exact) mass is 192 g/mol. The third kappa shape index (κ3) is 3.90. The van der Waals surface area contributed by atoms with E-state index >= 15 is 0 Å². The summed E-state index contributed by atoms with van der Waals surface area (Å²) in [7, 11) is 2.00. The van der Waals surface area contributed by atoms with Crippen LogP contribution in [-0.2, 0) is 6.42 Å². The fourth-order valence-corrected chi connectivity index (χ4v) is 1.65. The topological polar surface area (TPSA) is 24.1 Å². The first kappa shape index (κ1) is 11.2. The van der Waals surface area contributed by atoms with Crippen LogP contribution in [0.5, 0.6) is 0 Å². The van der Waals surface area contributed by atoms with Crippen LogP contribution in [0.2, 0.25) is 0 Å². The number of benzene rings is 1. The van der Waals surface area contributed by atoms with Gasteiger partial charge in [-0.25, -0.2) is 0 Å². The average molecular weight is 192 g/mol. The summed E-state index contributed by atoms with van der Waals surface area (Å²) in [6, 6.07) is 11.1. The van der Waals surface area contributed by atoms with E-state index in [9.17, 15) is 0 Å². The maximum absolute atomic E-state index is 3.47. The van der Waals surface area contributed by atoms with Crippen LogP contribution in [0.3, 0.4) is 0 Å². The lowest BCUT2D eigenvalue weighted by atomic mass is 10.1. The van der Waals surface area contributed by atoms with E-state index in [1.165, 1.54) is 5.56 Å². The molecule has 0 aliphatic rings. The molecule has 2 N–H and O–H groups in total. The second-order valence-electron chi connectivity index (χ2n) is 3.50. The van der Waals surface area contributed by atoms with Crippen LogP contribution in [-0.4, -0.2) is 26.2 Å². The Bertz CT molecular complexity index is 227. The molecule has 1 unspecified atom stereocenters. The molecule has 0 aromatic heterocycles. The van der Waals surface area contributed by atoms with Crippen LogP contribution >= 0.6 is 0 Å². The minimum absolute atomic E-state index is 0.535. The molecule has 78 valence electrons. The predicted molar refractivity (Wildman–Crippen MR) is 61.5 cm³/mol. The van der Waals surface area contributed by atoms with E-state index < -0.39 is 0 Å². The summed E-state index contributed by atoms with van der Waals surface area (Å²) >= 11 is 0. The van der Waals surface area contributed by atoms with Crippen molar-refractivity contribution in [1.82, 2.24) is 10.6 Å². The lowest BCUT2D eigenvalue weighted by Gasteiger charge is -2.17. The van der Waals surface area contributed by atoms with Crippen LogP contribution in [0.15, 0.2) is 30.3 Å². The maximum atomic E-state index is 3.47. The lowest BCUT2D eigenvalue weighted by Crippen LogP contribution is -2.38. The largest absolute Gasteiger partial charge is 0.318 e. The second-order valence-corrected chi connectivity index (χ2v) is 3.50. The molecule has 0 spiro atoms. The van der Waals surface area contributed by atoms with Gasteiger partial charge in [0, 0.05) is 12.6 Å². The molecule has 0 saturated carbocycles. The molecule has 1 aromatic carbocycles. The summed E-state index contributed by atoms with van der Waals surface area (Å²) in [4.78, 5) is 0. The number of hydrogen-bond acceptors (Lipinski definition) is 2. The fourth-order valence-electron chi connectivity index (χ4n) is 1.65. The van der Waals surface area contributed by atoms with Crippen LogP contribution in [0.25, 0.3) is 0 Å². The molecule has 0 aliphatic carbocycles. The van der Waals surface area contributed by atoms with Gasteiger partial charge in [-0.15, -0.1) is 0 Å². The molecule has 0 heterocycles. The quantitative estimate of drug-likeness (QED) is 0.712. The third-order valence-electron chi connectivity index (χ3n) is 2.27. The van der Waals surface area contributed by atoms with Gasteiger partial charge >= 0.3 is 0 Å². The highest BCUT2D eigenvalue weighted by Gasteiger charge is 2.05. The van der Waals surface area contributed by atoms with Crippen molar-refractivity contribution in [2.75, 3.05) is 20.1 Å². The van der Waals surface area contributed by atoms with Gasteiger partial charge in [-0.3, -0.25) is 0 Å². The van der Waals surface area contributed by atoms with Crippen molar-refractivity contribution in [3.63, 3.8) is 0 Å². The van der Waals surface area contributed by atoms with Gasteiger partial charge in [-0.2, -0.15) is 0 Å². The highest BCUT2D eigenvalue weighted by molar-refractivity contribution is 5.15. The Balaban J connectivity index is 2.46. The fraction of sp³-hybridized carbons (Fsp3) is 0.500. The Kier molecular flexibility index (Phi) is 5.27. The summed E-state index contributed by atoms with van der Waals surface area (Å²) in [6.07, 6.45) is 1.09. The van der Waals surface area contributed by atoms with Gasteiger partial charge in [0.05, 0.1) is 0 Å². The third-order valence-corrected chi connectivity index (χ3v) is 2.27. The van der Waals surface area contributed by atoms with Gasteiger partial charge < -0.3 is 10.6 Å². The molecule has 0 amide bonds. The molecular formula is C12H20N2. The van der Waals surface area contributed by atoms with Crippen LogP contribution in [0.1, 0.15) is 12.5 Å². The van der Waals surface area contributed by atoms with Gasteiger partial charge in [-0.1, -0.05) is 37.3 Å². The molecule has 2 nitrogen and oxygen atoms in total. The molecule has 1 aromatic rings. The molecule has 1 rings (SSSR count). The highest BCUT2D eigenvalue weighted by atomic mass is 15.0. The van der Waals surface area contributed by atoms with Gasteiger partial charge in [0.15, 0.2) is 0 Å². The number of hydrogen-bond donors (Lipinski definition) is 2. The van der Waals surface area contributed by atoms with E-state index in [4.69, 9.17) is 0 Å². The molecule has 0 bridgehead atoms. The Morgan fingerprint density at radius 3 is 2.50 bits per heavy atom. The first-order valence-electron chi connectivity index (χ1n) is 5.28. The minimum Gasteiger partial charge on any atom is -0.318 e. The Morgan fingerprint density at radius 2 is 1.93 bits per heavy atom. The summed E-state index contributed by atoms with van der Waals surface area (Å²) in [5.41, 5.74) is 1.40. The lowest BCUT2D eigenvalue weighted by molar-refractivity contribution is 0.501. The molecular weight excluding hydrogens is 172 g/mol. The van der Waals surface area contributed by atoms with Gasteiger partial charge in [0.2, 0.25) is 0 Å². The van der Waals surface area contributed by atoms with Crippen molar-refractivity contribution in [3.8, 4) is 0 Å². The molecule has 0 radical (unpaired) electrons. The summed E-state index contributed by atoms with van der Waals surface area (Å²) in [6.45, 7) is 4.19. The summed E-state index contributed by atoms with van der Waals surface area (Å²) in [5, 5.41) is 6.68. The molecule has 0 saturated heterocycles. The van der Waals surface area contributed by atoms with E-state index in [-0.39, 0.29) is 0 Å². The van der Waals surface area contributed by atoms with Crippen molar-refractivity contribution in [2.24, 2.45) is 0 Å². The predicted octanol–water partition coefficient (Wildman–Crippen LogP) is 1.43. The smallest absolute Gasteiger partial charge is 0.0232 e. The number of nitrogens with one attached hydrogen (secondary N) is 2. The summed E-state index contributed by atoms with van der Waals surface area (Å²) in [5.74, 6) is 0. The average Bonchev–Trinajstić information content (AvgIpc) is 2.20. The van der Waals surface area contributed by atoms with Gasteiger partial charge in [-0.05, 0) is 25.6 Å². The van der Waals surface area contributed by atoms with Gasteiger partial charge in [0.1, 0.15) is 0 Å². The SMILES string of the molecule is CCNC(CNC)Cc1ccccc1. The van der Waals surface area contributed by atoms with Crippen molar-refractivity contribution in [3.05, 3.63) is 35.9 Å². The van der Waals surface area contributed by atoms with E-state index in [2.05, 4.69) is 47.9 Å². The first-order valence-corrected chi connectivity index (χ1v) is 5.28. The van der Waals surface area contributed by atoms with Crippen molar-refractivity contribution in [1.29, 1.82) is 0 Å². The van der Waals surface area contributed by atoms with Gasteiger partial charge in [0.25, 0.3) is 0 Å². The zero-order chi connectivity index (χ0) is 10.2. The van der Waals surface area contributed by atoms with Crippen LogP contribution in [0.4, 0.5) is 0 Å². The van der Waals surface area contributed by atoms with Crippen LogP contribution in [0, 0.1) is 0 Å². The molecule has 1 atom stereocenters. The Morgan fingerprint density at radius 1 is 1.21 bits per heavy atom. The van der Waals surface area contributed by atoms with E-state index in [0.717, 1.165) is 19.5 Å². The zero-order valence-electron chi connectivity index (χ0n) is 9.09. The van der Waals surface area contributed by atoms with E-state index in [0.29, 0.717) is 6.04 Å². The van der Waals surface area contributed by atoms with E-state index in [1.807, 2.05) is 7.05 Å². The zero-order valence-corrected chi connectivity index (χ0v) is 9.09. The number of rotatable bonds is 6. The Labute approximate surface area is 86.7 Å². The molecule has 14 heavy (non-hydrogen) atoms. The first-order chi connectivity index (χ1) is 6.86. The number of likely N-dealkylation sites (N-methyl/N-ethyl adjacent to an activating group) is 2. The molecule has 0 fully saturated rings. The standard InChI is InChI=1S/C12H20N2/c1-3-14-12(10-13-2)9-11-7-5-4-6-8-11/h4-8,12-14H,3,9-10H2,1-2H3. The van der Waals surface area contributed by atoms with Crippen molar-refractivity contribution >= 4 is 0 Å². The normalized spacial score (nSPS) is 12.7.